The largest absolute Gasteiger partial charge is 0.271 e. The number of rotatable bonds is 4. The Morgan fingerprint density at radius 1 is 1.00 bits per heavy atom. The van der Waals surface area contributed by atoms with Crippen LogP contribution in [-0.2, 0) is 10.0 Å². The van der Waals surface area contributed by atoms with E-state index < -0.39 is 21.8 Å². The van der Waals surface area contributed by atoms with E-state index in [9.17, 15) is 18.0 Å². The van der Waals surface area contributed by atoms with Crippen molar-refractivity contribution in [3.05, 3.63) is 59.9 Å². The Balaban J connectivity index is 1.62. The monoisotopic (exact) mass is 402 g/mol. The average molecular weight is 402 g/mol. The lowest BCUT2D eigenvalue weighted by Crippen LogP contribution is -2.41. The summed E-state index contributed by atoms with van der Waals surface area (Å²) >= 11 is 0. The summed E-state index contributed by atoms with van der Waals surface area (Å²) in [4.78, 5) is 28.1. The molecule has 0 spiro atoms. The van der Waals surface area contributed by atoms with Crippen LogP contribution in [-0.4, -0.2) is 42.6 Å². The predicted octanol–water partition coefficient (Wildman–Crippen LogP) is 1.58. The van der Waals surface area contributed by atoms with Gasteiger partial charge in [0, 0.05) is 31.0 Å². The highest BCUT2D eigenvalue weighted by atomic mass is 32.2. The molecule has 2 N–H and O–H groups in total. The first-order chi connectivity index (χ1) is 13.4. The summed E-state index contributed by atoms with van der Waals surface area (Å²) < 4.78 is 26.9. The molecule has 2 amide bonds. The molecule has 1 aromatic heterocycles. The quantitative estimate of drug-likeness (QED) is 0.755. The highest BCUT2D eigenvalue weighted by Gasteiger charge is 2.28. The first-order valence-corrected chi connectivity index (χ1v) is 10.4. The topological polar surface area (TPSA) is 108 Å². The minimum Gasteiger partial charge on any atom is -0.267 e. The number of amides is 2. The van der Waals surface area contributed by atoms with E-state index in [1.165, 1.54) is 41.0 Å². The smallest absolute Gasteiger partial charge is 0.267 e. The third kappa shape index (κ3) is 4.55. The van der Waals surface area contributed by atoms with Crippen molar-refractivity contribution in [1.82, 2.24) is 20.1 Å². The van der Waals surface area contributed by atoms with Crippen LogP contribution >= 0.6 is 0 Å². The molecule has 0 aliphatic carbocycles. The second-order valence-corrected chi connectivity index (χ2v) is 8.70. The second kappa shape index (κ2) is 8.49. The summed E-state index contributed by atoms with van der Waals surface area (Å²) in [6.45, 7) is 3.13. The van der Waals surface area contributed by atoms with Crippen LogP contribution in [0.2, 0.25) is 0 Å². The van der Waals surface area contributed by atoms with Crippen LogP contribution in [0.15, 0.2) is 53.7 Å². The maximum atomic E-state index is 12.7. The average Bonchev–Trinajstić information content (AvgIpc) is 2.73. The molecule has 148 valence electrons. The Labute approximate surface area is 164 Å². The van der Waals surface area contributed by atoms with Crippen molar-refractivity contribution in [3.8, 4) is 0 Å². The van der Waals surface area contributed by atoms with E-state index in [1.807, 2.05) is 0 Å². The Hall–Kier alpha value is -2.78. The zero-order chi connectivity index (χ0) is 20.1. The van der Waals surface area contributed by atoms with Gasteiger partial charge in [-0.2, -0.15) is 4.31 Å². The fourth-order valence-electron chi connectivity index (χ4n) is 2.91. The maximum Gasteiger partial charge on any atom is 0.271 e. The molecule has 8 nitrogen and oxygen atoms in total. The van der Waals surface area contributed by atoms with Gasteiger partial charge in [0.2, 0.25) is 10.0 Å². The van der Waals surface area contributed by atoms with Gasteiger partial charge in [-0.15, -0.1) is 0 Å². The second-order valence-electron chi connectivity index (χ2n) is 6.76. The number of nitrogens with one attached hydrogen (secondary N) is 2. The Bertz CT molecular complexity index is 938. The highest BCUT2D eigenvalue weighted by molar-refractivity contribution is 7.89. The van der Waals surface area contributed by atoms with Gasteiger partial charge in [0.1, 0.15) is 0 Å². The zero-order valence-electron chi connectivity index (χ0n) is 15.5. The third-order valence-electron chi connectivity index (χ3n) is 4.71. The van der Waals surface area contributed by atoms with Crippen LogP contribution in [0.3, 0.4) is 0 Å². The van der Waals surface area contributed by atoms with Crippen LogP contribution in [0, 0.1) is 5.92 Å². The first-order valence-electron chi connectivity index (χ1n) is 8.99. The molecular formula is C19H22N4O4S. The van der Waals surface area contributed by atoms with Gasteiger partial charge in [0.25, 0.3) is 11.8 Å². The molecule has 1 aromatic carbocycles. The molecule has 0 saturated carbocycles. The number of carbonyl (C=O) groups is 2. The van der Waals surface area contributed by atoms with Crippen LogP contribution in [0.1, 0.15) is 40.5 Å². The molecule has 2 aromatic rings. The fraction of sp³-hybridized carbons (Fsp3) is 0.316. The lowest BCUT2D eigenvalue weighted by atomic mass is 10.0. The first kappa shape index (κ1) is 20.0. The van der Waals surface area contributed by atoms with Crippen molar-refractivity contribution >= 4 is 21.8 Å². The minimum atomic E-state index is -3.56. The molecule has 1 saturated heterocycles. The van der Waals surface area contributed by atoms with E-state index in [4.69, 9.17) is 0 Å². The summed E-state index contributed by atoms with van der Waals surface area (Å²) in [6.07, 6.45) is 4.60. The summed E-state index contributed by atoms with van der Waals surface area (Å²) in [7, 11) is -3.56. The molecule has 0 radical (unpaired) electrons. The van der Waals surface area contributed by atoms with Crippen LogP contribution in [0.4, 0.5) is 0 Å². The highest BCUT2D eigenvalue weighted by Crippen LogP contribution is 2.23. The third-order valence-corrected chi connectivity index (χ3v) is 6.62. The zero-order valence-corrected chi connectivity index (χ0v) is 16.3. The molecule has 2 heterocycles. The van der Waals surface area contributed by atoms with Gasteiger partial charge in [-0.3, -0.25) is 25.4 Å². The van der Waals surface area contributed by atoms with Crippen molar-refractivity contribution < 1.29 is 18.0 Å². The standard InChI is InChI=1S/C19H22N4O4S/c1-14-8-11-23(12-9-14)28(26,27)17-6-4-15(5-7-17)18(24)21-22-19(25)16-3-2-10-20-13-16/h2-7,10,13-14H,8-9,11-12H2,1H3,(H,21,24)(H,22,25). The van der Waals surface area contributed by atoms with E-state index in [1.54, 1.807) is 12.1 Å². The molecule has 0 atom stereocenters. The molecular weight excluding hydrogens is 380 g/mol. The molecule has 1 aliphatic heterocycles. The Kier molecular flexibility index (Phi) is 6.05. The van der Waals surface area contributed by atoms with Crippen LogP contribution < -0.4 is 10.9 Å². The van der Waals surface area contributed by atoms with Gasteiger partial charge in [-0.1, -0.05) is 6.92 Å². The number of nitrogens with zero attached hydrogens (tertiary/aromatic N) is 2. The van der Waals surface area contributed by atoms with Gasteiger partial charge in [-0.25, -0.2) is 8.42 Å². The van der Waals surface area contributed by atoms with Crippen molar-refractivity contribution in [2.75, 3.05) is 13.1 Å². The normalized spacial score (nSPS) is 15.8. The van der Waals surface area contributed by atoms with E-state index in [-0.39, 0.29) is 10.5 Å². The molecule has 1 fully saturated rings. The van der Waals surface area contributed by atoms with E-state index in [0.29, 0.717) is 24.6 Å². The van der Waals surface area contributed by atoms with Crippen molar-refractivity contribution in [2.24, 2.45) is 5.92 Å². The SMILES string of the molecule is CC1CCN(S(=O)(=O)c2ccc(C(=O)NNC(=O)c3cccnc3)cc2)CC1. The van der Waals surface area contributed by atoms with E-state index in [0.717, 1.165) is 12.8 Å². The number of hydrazine groups is 1. The fourth-order valence-corrected chi connectivity index (χ4v) is 4.38. The van der Waals surface area contributed by atoms with Crippen molar-refractivity contribution in [2.45, 2.75) is 24.7 Å². The van der Waals surface area contributed by atoms with Gasteiger partial charge < -0.3 is 0 Å². The molecule has 9 heteroatoms. The molecule has 1 aliphatic rings. The number of benzene rings is 1. The van der Waals surface area contributed by atoms with Crippen molar-refractivity contribution in [1.29, 1.82) is 0 Å². The van der Waals surface area contributed by atoms with Gasteiger partial charge in [0.15, 0.2) is 0 Å². The number of aromatic nitrogens is 1. The van der Waals surface area contributed by atoms with Gasteiger partial charge in [-0.05, 0) is 55.2 Å². The summed E-state index contributed by atoms with van der Waals surface area (Å²) in [5.74, 6) is -0.521. The Morgan fingerprint density at radius 3 is 2.18 bits per heavy atom. The predicted molar refractivity (Wildman–Crippen MR) is 103 cm³/mol. The number of hydrogen-bond acceptors (Lipinski definition) is 5. The van der Waals surface area contributed by atoms with E-state index >= 15 is 0 Å². The van der Waals surface area contributed by atoms with Crippen molar-refractivity contribution in [3.63, 3.8) is 0 Å². The maximum absolute atomic E-state index is 12.7. The summed E-state index contributed by atoms with van der Waals surface area (Å²) in [5.41, 5.74) is 5.13. The number of hydrogen-bond donors (Lipinski definition) is 2. The van der Waals surface area contributed by atoms with Crippen LogP contribution in [0.25, 0.3) is 0 Å². The molecule has 0 unspecified atom stereocenters. The van der Waals surface area contributed by atoms with Crippen LogP contribution in [0.5, 0.6) is 0 Å². The number of sulfonamides is 1. The lowest BCUT2D eigenvalue weighted by Gasteiger charge is -2.29. The van der Waals surface area contributed by atoms with Gasteiger partial charge >= 0.3 is 0 Å². The molecule has 28 heavy (non-hydrogen) atoms. The molecule has 0 bridgehead atoms. The Morgan fingerprint density at radius 2 is 1.61 bits per heavy atom. The number of pyridine rings is 1. The number of piperidine rings is 1. The summed E-state index contributed by atoms with van der Waals surface area (Å²) in [6, 6.07) is 8.83. The molecule has 3 rings (SSSR count). The van der Waals surface area contributed by atoms with E-state index in [2.05, 4.69) is 22.8 Å². The van der Waals surface area contributed by atoms with Gasteiger partial charge in [0.05, 0.1) is 10.5 Å². The number of carbonyl (C=O) groups excluding carboxylic acids is 2. The minimum absolute atomic E-state index is 0.151. The lowest BCUT2D eigenvalue weighted by molar-refractivity contribution is 0.0846. The summed E-state index contributed by atoms with van der Waals surface area (Å²) in [5, 5.41) is 0.